The molecule has 3 unspecified atom stereocenters. The molecule has 2 saturated carbocycles. The number of ketones is 1. The van der Waals surface area contributed by atoms with Crippen LogP contribution in [0.2, 0.25) is 0 Å². The van der Waals surface area contributed by atoms with Gasteiger partial charge in [0.15, 0.2) is 0 Å². The van der Waals surface area contributed by atoms with E-state index in [1.807, 2.05) is 0 Å². The number of halogens is 1. The van der Waals surface area contributed by atoms with E-state index in [2.05, 4.69) is 15.9 Å². The van der Waals surface area contributed by atoms with Crippen LogP contribution in [0.5, 0.6) is 0 Å². The molecular weight excluding hydrogens is 192 g/mol. The number of hydrogen-bond donors (Lipinski definition) is 0. The van der Waals surface area contributed by atoms with Crippen LogP contribution in [0, 0.1) is 17.8 Å². The predicted molar refractivity (Wildman–Crippen MR) is 43.1 cm³/mol. The topological polar surface area (TPSA) is 17.1 Å². The maximum Gasteiger partial charge on any atom is 0.136 e. The van der Waals surface area contributed by atoms with Gasteiger partial charge in [0, 0.05) is 17.7 Å². The van der Waals surface area contributed by atoms with E-state index in [0.29, 0.717) is 17.6 Å². The minimum atomic E-state index is 0.435. The average molecular weight is 203 g/mol. The molecule has 0 amide bonds. The lowest BCUT2D eigenvalue weighted by Gasteiger charge is -2.17. The van der Waals surface area contributed by atoms with Crippen LogP contribution in [0.4, 0.5) is 0 Å². The van der Waals surface area contributed by atoms with E-state index in [1.165, 1.54) is 12.8 Å². The van der Waals surface area contributed by atoms with E-state index in [9.17, 15) is 4.79 Å². The van der Waals surface area contributed by atoms with Gasteiger partial charge in [-0.3, -0.25) is 4.79 Å². The highest BCUT2D eigenvalue weighted by atomic mass is 79.9. The van der Waals surface area contributed by atoms with Gasteiger partial charge in [0.1, 0.15) is 5.78 Å². The number of rotatable bonds is 1. The molecule has 0 radical (unpaired) electrons. The summed E-state index contributed by atoms with van der Waals surface area (Å²) in [5.41, 5.74) is 0. The van der Waals surface area contributed by atoms with Crippen molar-refractivity contribution in [3.8, 4) is 0 Å². The van der Waals surface area contributed by atoms with Crippen molar-refractivity contribution in [1.29, 1.82) is 0 Å². The van der Waals surface area contributed by atoms with Gasteiger partial charge in [0.25, 0.3) is 0 Å². The maximum atomic E-state index is 11.2. The van der Waals surface area contributed by atoms with Crippen molar-refractivity contribution < 1.29 is 4.79 Å². The molecule has 0 aliphatic heterocycles. The zero-order chi connectivity index (χ0) is 7.14. The summed E-state index contributed by atoms with van der Waals surface area (Å²) >= 11 is 3.45. The van der Waals surface area contributed by atoms with Gasteiger partial charge in [-0.2, -0.15) is 0 Å². The molecule has 0 aromatic heterocycles. The Bertz CT molecular complexity index is 167. The van der Waals surface area contributed by atoms with E-state index >= 15 is 0 Å². The molecule has 56 valence electrons. The largest absolute Gasteiger partial charge is 0.299 e. The zero-order valence-corrected chi connectivity index (χ0v) is 7.43. The smallest absolute Gasteiger partial charge is 0.136 e. The molecule has 0 saturated heterocycles. The van der Waals surface area contributed by atoms with Crippen LogP contribution in [0.3, 0.4) is 0 Å². The van der Waals surface area contributed by atoms with Crippen molar-refractivity contribution in [3.63, 3.8) is 0 Å². The number of hydrogen-bond acceptors (Lipinski definition) is 1. The first-order valence-electron chi connectivity index (χ1n) is 3.90. The van der Waals surface area contributed by atoms with Crippen LogP contribution >= 0.6 is 15.9 Å². The van der Waals surface area contributed by atoms with Gasteiger partial charge in [-0.15, -0.1) is 0 Å². The average Bonchev–Trinajstić information content (AvgIpc) is 2.44. The van der Waals surface area contributed by atoms with Crippen LogP contribution in [0.25, 0.3) is 0 Å². The van der Waals surface area contributed by atoms with Crippen molar-refractivity contribution in [1.82, 2.24) is 0 Å². The maximum absolute atomic E-state index is 11.2. The molecular formula is C8H11BrO. The van der Waals surface area contributed by atoms with Gasteiger partial charge < -0.3 is 0 Å². The van der Waals surface area contributed by atoms with Crippen LogP contribution < -0.4 is 0 Å². The van der Waals surface area contributed by atoms with E-state index in [-0.39, 0.29) is 0 Å². The van der Waals surface area contributed by atoms with E-state index in [4.69, 9.17) is 0 Å². The first-order chi connectivity index (χ1) is 4.81. The van der Waals surface area contributed by atoms with Crippen molar-refractivity contribution in [3.05, 3.63) is 0 Å². The molecule has 0 N–H and O–H groups in total. The fourth-order valence-corrected chi connectivity index (χ4v) is 3.12. The number of Topliss-reactive ketones (excluding diaryl/α,β-unsaturated/α-hetero) is 1. The second-order valence-electron chi connectivity index (χ2n) is 3.53. The molecule has 0 spiro atoms. The zero-order valence-electron chi connectivity index (χ0n) is 5.85. The Morgan fingerprint density at radius 3 is 2.70 bits per heavy atom. The van der Waals surface area contributed by atoms with Crippen molar-refractivity contribution in [2.45, 2.75) is 19.3 Å². The third-order valence-corrected chi connectivity index (χ3v) is 3.73. The standard InChI is InChI=1S/C8H11BrO/c9-4-6-1-5-2-7(6)8(10)3-5/h5-7H,1-4H2. The number of alkyl halides is 1. The third-order valence-electron chi connectivity index (χ3n) is 2.89. The lowest BCUT2D eigenvalue weighted by atomic mass is 9.90. The molecule has 2 fully saturated rings. The highest BCUT2D eigenvalue weighted by Gasteiger charge is 2.44. The predicted octanol–water partition coefficient (Wildman–Crippen LogP) is 2.00. The molecule has 2 aliphatic rings. The molecule has 2 aliphatic carbocycles. The van der Waals surface area contributed by atoms with E-state index in [0.717, 1.165) is 17.7 Å². The molecule has 3 atom stereocenters. The quantitative estimate of drug-likeness (QED) is 0.595. The van der Waals surface area contributed by atoms with Crippen LogP contribution in [-0.4, -0.2) is 11.1 Å². The molecule has 10 heavy (non-hydrogen) atoms. The lowest BCUT2D eigenvalue weighted by molar-refractivity contribution is -0.122. The number of carbonyl (C=O) groups excluding carboxylic acids is 1. The molecule has 0 aromatic rings. The Morgan fingerprint density at radius 2 is 2.30 bits per heavy atom. The first-order valence-corrected chi connectivity index (χ1v) is 5.02. The third kappa shape index (κ3) is 0.849. The molecule has 1 nitrogen and oxygen atoms in total. The van der Waals surface area contributed by atoms with Gasteiger partial charge in [0.05, 0.1) is 0 Å². The fourth-order valence-electron chi connectivity index (χ4n) is 2.41. The number of fused-ring (bicyclic) bond motifs is 2. The normalized spacial score (nSPS) is 44.9. The van der Waals surface area contributed by atoms with Crippen LogP contribution in [-0.2, 0) is 4.79 Å². The molecule has 2 heteroatoms. The van der Waals surface area contributed by atoms with E-state index < -0.39 is 0 Å². The minimum absolute atomic E-state index is 0.435. The van der Waals surface area contributed by atoms with Crippen molar-refractivity contribution >= 4 is 21.7 Å². The Kier molecular flexibility index (Phi) is 1.59. The summed E-state index contributed by atoms with van der Waals surface area (Å²) in [4.78, 5) is 11.2. The summed E-state index contributed by atoms with van der Waals surface area (Å²) in [6.45, 7) is 0. The second kappa shape index (κ2) is 2.33. The van der Waals surface area contributed by atoms with Gasteiger partial charge in [0.2, 0.25) is 0 Å². The molecule has 2 bridgehead atoms. The summed E-state index contributed by atoms with van der Waals surface area (Å²) in [6.07, 6.45) is 3.37. The van der Waals surface area contributed by atoms with Crippen molar-refractivity contribution in [2.24, 2.45) is 17.8 Å². The van der Waals surface area contributed by atoms with Crippen LogP contribution in [0.15, 0.2) is 0 Å². The van der Waals surface area contributed by atoms with E-state index in [1.54, 1.807) is 0 Å². The fraction of sp³-hybridized carbons (Fsp3) is 0.875. The minimum Gasteiger partial charge on any atom is -0.299 e. The highest BCUT2D eigenvalue weighted by molar-refractivity contribution is 9.09. The van der Waals surface area contributed by atoms with Gasteiger partial charge in [-0.25, -0.2) is 0 Å². The molecule has 2 rings (SSSR count). The Hall–Kier alpha value is 0.150. The van der Waals surface area contributed by atoms with Gasteiger partial charge in [-0.05, 0) is 24.7 Å². The summed E-state index contributed by atoms with van der Waals surface area (Å²) < 4.78 is 0. The Balaban J connectivity index is 2.12. The Labute approximate surface area is 69.3 Å². The summed E-state index contributed by atoms with van der Waals surface area (Å²) in [5, 5.41) is 1.03. The molecule has 0 aromatic carbocycles. The van der Waals surface area contributed by atoms with Gasteiger partial charge >= 0.3 is 0 Å². The number of carbonyl (C=O) groups is 1. The van der Waals surface area contributed by atoms with Crippen LogP contribution in [0.1, 0.15) is 19.3 Å². The first kappa shape index (κ1) is 6.84. The van der Waals surface area contributed by atoms with Gasteiger partial charge in [-0.1, -0.05) is 15.9 Å². The summed E-state index contributed by atoms with van der Waals surface area (Å²) in [6, 6.07) is 0. The highest BCUT2D eigenvalue weighted by Crippen LogP contribution is 2.46. The SMILES string of the molecule is O=C1CC2CC(CBr)C1C2. The monoisotopic (exact) mass is 202 g/mol. The second-order valence-corrected chi connectivity index (χ2v) is 4.18. The molecule has 0 heterocycles. The lowest BCUT2D eigenvalue weighted by Crippen LogP contribution is -2.20. The summed E-state index contributed by atoms with van der Waals surface area (Å²) in [5.74, 6) is 2.39. The summed E-state index contributed by atoms with van der Waals surface area (Å²) in [7, 11) is 0. The van der Waals surface area contributed by atoms with Crippen molar-refractivity contribution in [2.75, 3.05) is 5.33 Å². The Morgan fingerprint density at radius 1 is 1.50 bits per heavy atom.